The molecular weight excluding hydrogens is 240 g/mol. The third-order valence-corrected chi connectivity index (χ3v) is 3.54. The number of benzene rings is 1. The average Bonchev–Trinajstić information content (AvgIpc) is 2.32. The number of hydrogen-bond donors (Lipinski definition) is 2. The fourth-order valence-electron chi connectivity index (χ4n) is 2.40. The Morgan fingerprint density at radius 2 is 2.16 bits per heavy atom. The number of nitrogens with zero attached hydrogens (tertiary/aromatic N) is 1. The van der Waals surface area contributed by atoms with E-state index in [2.05, 4.69) is 17.1 Å². The van der Waals surface area contributed by atoms with E-state index in [0.717, 1.165) is 38.2 Å². The van der Waals surface area contributed by atoms with Gasteiger partial charge >= 0.3 is 0 Å². The van der Waals surface area contributed by atoms with Gasteiger partial charge in [-0.1, -0.05) is 19.1 Å². The number of phenolic OH excluding ortho intramolecular Hbond substituents is 1. The second-order valence-corrected chi connectivity index (χ2v) is 4.98. The minimum absolute atomic E-state index is 0.290. The second kappa shape index (κ2) is 6.78. The topological polar surface area (TPSA) is 44.7 Å². The molecule has 0 unspecified atom stereocenters. The lowest BCUT2D eigenvalue weighted by Crippen LogP contribution is -2.56. The first-order valence-corrected chi connectivity index (χ1v) is 7.14. The number of hydrogen-bond acceptors (Lipinski definition) is 4. The van der Waals surface area contributed by atoms with Crippen molar-refractivity contribution in [2.45, 2.75) is 32.9 Å². The van der Waals surface area contributed by atoms with Crippen LogP contribution >= 0.6 is 0 Å². The zero-order valence-corrected chi connectivity index (χ0v) is 11.9. The van der Waals surface area contributed by atoms with E-state index in [1.54, 1.807) is 0 Å². The van der Waals surface area contributed by atoms with Gasteiger partial charge in [0.15, 0.2) is 11.5 Å². The molecule has 0 spiro atoms. The van der Waals surface area contributed by atoms with E-state index >= 15 is 0 Å². The van der Waals surface area contributed by atoms with Crippen LogP contribution in [0.5, 0.6) is 11.5 Å². The Balaban J connectivity index is 2.09. The van der Waals surface area contributed by atoms with E-state index in [0.29, 0.717) is 18.4 Å². The highest BCUT2D eigenvalue weighted by Gasteiger charge is 2.24. The molecule has 4 heteroatoms. The molecule has 2 N–H and O–H groups in total. The van der Waals surface area contributed by atoms with Crippen LogP contribution in [0.4, 0.5) is 0 Å². The smallest absolute Gasteiger partial charge is 0.162 e. The number of ether oxygens (including phenoxy) is 1. The van der Waals surface area contributed by atoms with Crippen LogP contribution in [0.15, 0.2) is 18.2 Å². The number of nitrogens with one attached hydrogen (secondary N) is 1. The molecule has 106 valence electrons. The maximum Gasteiger partial charge on any atom is 0.162 e. The van der Waals surface area contributed by atoms with Gasteiger partial charge in [0.25, 0.3) is 0 Å². The van der Waals surface area contributed by atoms with Gasteiger partial charge in [0.2, 0.25) is 0 Å². The van der Waals surface area contributed by atoms with Crippen LogP contribution < -0.4 is 10.1 Å². The Morgan fingerprint density at radius 3 is 2.74 bits per heavy atom. The van der Waals surface area contributed by atoms with Gasteiger partial charge < -0.3 is 15.2 Å². The zero-order valence-electron chi connectivity index (χ0n) is 11.9. The fraction of sp³-hybridized carbons (Fsp3) is 0.600. The molecule has 2 rings (SSSR count). The summed E-state index contributed by atoms with van der Waals surface area (Å²) in [6, 6.07) is 6.34. The van der Waals surface area contributed by atoms with Gasteiger partial charge in [-0.3, -0.25) is 4.90 Å². The quantitative estimate of drug-likeness (QED) is 0.790. The van der Waals surface area contributed by atoms with Gasteiger partial charge in [0.1, 0.15) is 0 Å². The standard InChI is InChI=1S/C15H24N2O2/c1-3-8-17(13-9-16-10-13)11-12-6-5-7-14(15(12)18)19-4-2/h5-7,13,16,18H,3-4,8-11H2,1-2H3. The van der Waals surface area contributed by atoms with Crippen molar-refractivity contribution in [1.29, 1.82) is 0 Å². The monoisotopic (exact) mass is 264 g/mol. The van der Waals surface area contributed by atoms with Gasteiger partial charge in [-0.2, -0.15) is 0 Å². The van der Waals surface area contributed by atoms with Crippen LogP contribution in [0.3, 0.4) is 0 Å². The van der Waals surface area contributed by atoms with E-state index in [4.69, 9.17) is 4.74 Å². The van der Waals surface area contributed by atoms with E-state index < -0.39 is 0 Å². The van der Waals surface area contributed by atoms with E-state index in [1.165, 1.54) is 0 Å². The number of rotatable bonds is 7. The lowest BCUT2D eigenvalue weighted by Gasteiger charge is -2.38. The van der Waals surface area contributed by atoms with Crippen LogP contribution in [-0.4, -0.2) is 42.3 Å². The van der Waals surface area contributed by atoms with Crippen molar-refractivity contribution >= 4 is 0 Å². The molecule has 0 amide bonds. The maximum absolute atomic E-state index is 10.2. The zero-order chi connectivity index (χ0) is 13.7. The highest BCUT2D eigenvalue weighted by atomic mass is 16.5. The number of aromatic hydroxyl groups is 1. The summed E-state index contributed by atoms with van der Waals surface area (Å²) in [6.07, 6.45) is 1.13. The molecule has 19 heavy (non-hydrogen) atoms. The van der Waals surface area contributed by atoms with E-state index in [-0.39, 0.29) is 5.75 Å². The predicted octanol–water partition coefficient (Wildman–Crippen LogP) is 1.97. The van der Waals surface area contributed by atoms with Crippen molar-refractivity contribution in [1.82, 2.24) is 10.2 Å². The Bertz CT molecular complexity index is 405. The Morgan fingerprint density at radius 1 is 1.37 bits per heavy atom. The number of para-hydroxylation sites is 1. The summed E-state index contributed by atoms with van der Waals surface area (Å²) in [5.41, 5.74) is 0.950. The van der Waals surface area contributed by atoms with Crippen molar-refractivity contribution in [3.05, 3.63) is 23.8 Å². The van der Waals surface area contributed by atoms with Gasteiger partial charge in [-0.15, -0.1) is 0 Å². The molecule has 0 saturated carbocycles. The third-order valence-electron chi connectivity index (χ3n) is 3.54. The van der Waals surface area contributed by atoms with Crippen LogP contribution in [0.25, 0.3) is 0 Å². The van der Waals surface area contributed by atoms with Crippen molar-refractivity contribution in [3.63, 3.8) is 0 Å². The number of phenols is 1. The van der Waals surface area contributed by atoms with Gasteiger partial charge in [-0.05, 0) is 26.0 Å². The first kappa shape index (κ1) is 14.2. The second-order valence-electron chi connectivity index (χ2n) is 4.98. The summed E-state index contributed by atoms with van der Waals surface area (Å²) in [5.74, 6) is 0.876. The molecule has 0 atom stereocenters. The Kier molecular flexibility index (Phi) is 5.05. The minimum atomic E-state index is 0.290. The SMILES string of the molecule is CCCN(Cc1cccc(OCC)c1O)C1CNC1. The van der Waals surface area contributed by atoms with E-state index in [1.807, 2.05) is 25.1 Å². The summed E-state index contributed by atoms with van der Waals surface area (Å²) >= 11 is 0. The van der Waals surface area contributed by atoms with Crippen molar-refractivity contribution in [2.24, 2.45) is 0 Å². The van der Waals surface area contributed by atoms with Crippen molar-refractivity contribution in [2.75, 3.05) is 26.2 Å². The molecular formula is C15H24N2O2. The molecule has 1 saturated heterocycles. The highest BCUT2D eigenvalue weighted by molar-refractivity contribution is 5.45. The molecule has 1 aromatic carbocycles. The molecule has 1 aromatic rings. The summed E-state index contributed by atoms with van der Waals surface area (Å²) in [5, 5.41) is 13.5. The maximum atomic E-state index is 10.2. The highest BCUT2D eigenvalue weighted by Crippen LogP contribution is 2.31. The molecule has 0 aliphatic carbocycles. The van der Waals surface area contributed by atoms with Gasteiger partial charge in [-0.25, -0.2) is 0 Å². The lowest BCUT2D eigenvalue weighted by molar-refractivity contribution is 0.136. The Labute approximate surface area is 115 Å². The molecule has 0 radical (unpaired) electrons. The molecule has 1 aliphatic heterocycles. The van der Waals surface area contributed by atoms with E-state index in [9.17, 15) is 5.11 Å². The third kappa shape index (κ3) is 3.39. The Hall–Kier alpha value is -1.26. The summed E-state index contributed by atoms with van der Waals surface area (Å²) in [6.45, 7) is 8.63. The fourth-order valence-corrected chi connectivity index (χ4v) is 2.40. The first-order valence-electron chi connectivity index (χ1n) is 7.14. The van der Waals surface area contributed by atoms with Crippen LogP contribution in [0.1, 0.15) is 25.8 Å². The van der Waals surface area contributed by atoms with Crippen LogP contribution in [-0.2, 0) is 6.54 Å². The largest absolute Gasteiger partial charge is 0.504 e. The van der Waals surface area contributed by atoms with Crippen LogP contribution in [0.2, 0.25) is 0 Å². The van der Waals surface area contributed by atoms with Crippen molar-refractivity contribution in [3.8, 4) is 11.5 Å². The molecule has 0 aromatic heterocycles. The van der Waals surface area contributed by atoms with Crippen LogP contribution in [0, 0.1) is 0 Å². The summed E-state index contributed by atoms with van der Waals surface area (Å²) in [4.78, 5) is 2.43. The normalized spacial score (nSPS) is 15.5. The summed E-state index contributed by atoms with van der Waals surface area (Å²) in [7, 11) is 0. The molecule has 1 heterocycles. The molecule has 1 aliphatic rings. The predicted molar refractivity (Wildman–Crippen MR) is 76.6 cm³/mol. The van der Waals surface area contributed by atoms with Gasteiger partial charge in [0, 0.05) is 31.2 Å². The first-order chi connectivity index (χ1) is 9.26. The van der Waals surface area contributed by atoms with Gasteiger partial charge in [0.05, 0.1) is 6.61 Å². The lowest BCUT2D eigenvalue weighted by atomic mass is 10.1. The summed E-state index contributed by atoms with van der Waals surface area (Å²) < 4.78 is 5.44. The van der Waals surface area contributed by atoms with Crippen molar-refractivity contribution < 1.29 is 9.84 Å². The minimum Gasteiger partial charge on any atom is -0.504 e. The molecule has 0 bridgehead atoms. The molecule has 4 nitrogen and oxygen atoms in total. The molecule has 1 fully saturated rings. The average molecular weight is 264 g/mol.